The monoisotopic (exact) mass is 238 g/mol. The Labute approximate surface area is 98.2 Å². The van der Waals surface area contributed by atoms with Gasteiger partial charge in [-0.1, -0.05) is 0 Å². The molecule has 0 aromatic carbocycles. The van der Waals surface area contributed by atoms with Gasteiger partial charge in [-0.15, -0.1) is 0 Å². The maximum absolute atomic E-state index is 11.1. The summed E-state index contributed by atoms with van der Waals surface area (Å²) >= 11 is 0. The van der Waals surface area contributed by atoms with Crippen molar-refractivity contribution in [1.29, 1.82) is 0 Å². The summed E-state index contributed by atoms with van der Waals surface area (Å²) in [5.41, 5.74) is 4.64. The fourth-order valence-corrected chi connectivity index (χ4v) is 1.19. The molecule has 0 aliphatic rings. The molecule has 0 spiro atoms. The third-order valence-electron chi connectivity index (χ3n) is 2.34. The third kappa shape index (κ3) is 2.90. The Morgan fingerprint density at radius 1 is 1.59 bits per heavy atom. The lowest BCUT2D eigenvalue weighted by Gasteiger charge is -2.22. The van der Waals surface area contributed by atoms with Crippen LogP contribution in [-0.4, -0.2) is 21.4 Å². The number of rotatable bonds is 4. The molecular weight excluding hydrogens is 224 g/mol. The molecule has 0 fully saturated rings. The highest BCUT2D eigenvalue weighted by atomic mass is 16.6. The first-order valence-electron chi connectivity index (χ1n) is 4.93. The Hall–Kier alpha value is -2.18. The fraction of sp³-hybridized carbons (Fsp3) is 0.400. The Balaban J connectivity index is 2.99. The van der Waals surface area contributed by atoms with Crippen LogP contribution in [0.15, 0.2) is 12.3 Å². The van der Waals surface area contributed by atoms with E-state index in [0.29, 0.717) is 11.4 Å². The van der Waals surface area contributed by atoms with Crippen LogP contribution in [0.3, 0.4) is 0 Å². The molecule has 1 amide bonds. The number of pyridine rings is 1. The lowest BCUT2D eigenvalue weighted by molar-refractivity contribution is -0.385. The standard InChI is InChI=1S/C10H14N4O3/c1-6-4-8(12-5-7(6)14(16)17)13-10(2,3)9(11)15/h4-5H,1-3H3,(H2,11,15)(H,12,13). The van der Waals surface area contributed by atoms with Crippen molar-refractivity contribution in [3.8, 4) is 0 Å². The van der Waals surface area contributed by atoms with Gasteiger partial charge < -0.3 is 11.1 Å². The van der Waals surface area contributed by atoms with Crippen LogP contribution in [0.25, 0.3) is 0 Å². The Bertz CT molecular complexity index is 471. The van der Waals surface area contributed by atoms with Crippen molar-refractivity contribution in [3.63, 3.8) is 0 Å². The number of nitro groups is 1. The highest BCUT2D eigenvalue weighted by Crippen LogP contribution is 2.20. The van der Waals surface area contributed by atoms with Gasteiger partial charge in [0.2, 0.25) is 5.91 Å². The summed E-state index contributed by atoms with van der Waals surface area (Å²) in [6.07, 6.45) is 1.15. The number of carbonyl (C=O) groups excluding carboxylic acids is 1. The topological polar surface area (TPSA) is 111 Å². The number of amides is 1. The second-order valence-corrected chi connectivity index (χ2v) is 4.23. The maximum atomic E-state index is 11.1. The van der Waals surface area contributed by atoms with E-state index in [0.717, 1.165) is 6.20 Å². The van der Waals surface area contributed by atoms with E-state index in [-0.39, 0.29) is 5.69 Å². The number of hydrogen-bond donors (Lipinski definition) is 2. The average Bonchev–Trinajstić information content (AvgIpc) is 2.15. The molecule has 1 rings (SSSR count). The predicted molar refractivity (Wildman–Crippen MR) is 62.5 cm³/mol. The van der Waals surface area contributed by atoms with Gasteiger partial charge in [-0.05, 0) is 26.8 Å². The van der Waals surface area contributed by atoms with Crippen molar-refractivity contribution in [2.24, 2.45) is 5.73 Å². The average molecular weight is 238 g/mol. The number of nitrogens with zero attached hydrogens (tertiary/aromatic N) is 2. The first-order valence-corrected chi connectivity index (χ1v) is 4.93. The zero-order chi connectivity index (χ0) is 13.2. The third-order valence-corrected chi connectivity index (χ3v) is 2.34. The molecule has 1 aromatic heterocycles. The summed E-state index contributed by atoms with van der Waals surface area (Å²) < 4.78 is 0. The smallest absolute Gasteiger partial charge is 0.290 e. The Kier molecular flexibility index (Phi) is 3.31. The predicted octanol–water partition coefficient (Wildman–Crippen LogP) is 0.974. The van der Waals surface area contributed by atoms with Gasteiger partial charge in [-0.3, -0.25) is 14.9 Å². The minimum absolute atomic E-state index is 0.0626. The van der Waals surface area contributed by atoms with Crippen LogP contribution in [0.1, 0.15) is 19.4 Å². The molecule has 0 saturated carbocycles. The van der Waals surface area contributed by atoms with Gasteiger partial charge >= 0.3 is 0 Å². The first-order chi connectivity index (χ1) is 7.74. The van der Waals surface area contributed by atoms with E-state index in [1.165, 1.54) is 6.07 Å². The molecule has 0 bridgehead atoms. The second kappa shape index (κ2) is 4.36. The van der Waals surface area contributed by atoms with Gasteiger partial charge in [0.15, 0.2) is 0 Å². The van der Waals surface area contributed by atoms with Gasteiger partial charge in [0.25, 0.3) is 5.69 Å². The lowest BCUT2D eigenvalue weighted by atomic mass is 10.1. The molecule has 7 nitrogen and oxygen atoms in total. The van der Waals surface area contributed by atoms with Crippen molar-refractivity contribution in [3.05, 3.63) is 27.9 Å². The van der Waals surface area contributed by atoms with E-state index >= 15 is 0 Å². The molecule has 92 valence electrons. The van der Waals surface area contributed by atoms with Crippen molar-refractivity contribution < 1.29 is 9.72 Å². The zero-order valence-corrected chi connectivity index (χ0v) is 9.85. The van der Waals surface area contributed by atoms with E-state index < -0.39 is 16.4 Å². The van der Waals surface area contributed by atoms with Crippen molar-refractivity contribution in [2.45, 2.75) is 26.3 Å². The summed E-state index contributed by atoms with van der Waals surface area (Å²) in [6, 6.07) is 1.50. The minimum Gasteiger partial charge on any atom is -0.368 e. The fourth-order valence-electron chi connectivity index (χ4n) is 1.19. The highest BCUT2D eigenvalue weighted by Gasteiger charge is 2.25. The zero-order valence-electron chi connectivity index (χ0n) is 9.85. The van der Waals surface area contributed by atoms with Crippen molar-refractivity contribution >= 4 is 17.4 Å². The minimum atomic E-state index is -0.963. The van der Waals surface area contributed by atoms with Crippen LogP contribution < -0.4 is 11.1 Å². The van der Waals surface area contributed by atoms with E-state index in [4.69, 9.17) is 5.73 Å². The number of primary amides is 1. The number of nitrogens with two attached hydrogens (primary N) is 1. The van der Waals surface area contributed by atoms with Crippen molar-refractivity contribution in [1.82, 2.24) is 4.98 Å². The van der Waals surface area contributed by atoms with E-state index in [2.05, 4.69) is 10.3 Å². The van der Waals surface area contributed by atoms with Gasteiger partial charge in [-0.25, -0.2) is 4.98 Å². The molecule has 0 radical (unpaired) electrons. The molecule has 7 heteroatoms. The Morgan fingerprint density at radius 2 is 2.18 bits per heavy atom. The van der Waals surface area contributed by atoms with Gasteiger partial charge in [-0.2, -0.15) is 0 Å². The normalized spacial score (nSPS) is 11.0. The summed E-state index contributed by atoms with van der Waals surface area (Å²) in [5.74, 6) is -0.160. The highest BCUT2D eigenvalue weighted by molar-refractivity contribution is 5.86. The lowest BCUT2D eigenvalue weighted by Crippen LogP contribution is -2.45. The Morgan fingerprint density at radius 3 is 2.59 bits per heavy atom. The molecule has 0 unspecified atom stereocenters. The van der Waals surface area contributed by atoms with Crippen LogP contribution >= 0.6 is 0 Å². The summed E-state index contributed by atoms with van der Waals surface area (Å²) in [6.45, 7) is 4.81. The molecule has 0 aliphatic heterocycles. The number of aromatic nitrogens is 1. The van der Waals surface area contributed by atoms with Gasteiger partial charge in [0, 0.05) is 5.56 Å². The van der Waals surface area contributed by atoms with Crippen LogP contribution in [0.2, 0.25) is 0 Å². The summed E-state index contributed by atoms with van der Waals surface area (Å²) in [4.78, 5) is 25.1. The van der Waals surface area contributed by atoms with Crippen LogP contribution in [0.4, 0.5) is 11.5 Å². The molecule has 3 N–H and O–H groups in total. The number of carbonyl (C=O) groups is 1. The number of nitrogens with one attached hydrogen (secondary N) is 1. The van der Waals surface area contributed by atoms with Crippen LogP contribution in [0, 0.1) is 17.0 Å². The molecular formula is C10H14N4O3. The largest absolute Gasteiger partial charge is 0.368 e. The molecule has 1 aromatic rings. The van der Waals surface area contributed by atoms with E-state index in [9.17, 15) is 14.9 Å². The van der Waals surface area contributed by atoms with E-state index in [1.54, 1.807) is 20.8 Å². The molecule has 0 saturated heterocycles. The SMILES string of the molecule is Cc1cc(NC(C)(C)C(N)=O)ncc1[N+](=O)[O-]. The molecule has 1 heterocycles. The maximum Gasteiger partial charge on any atom is 0.290 e. The number of aryl methyl sites for hydroxylation is 1. The van der Waals surface area contributed by atoms with Crippen LogP contribution in [-0.2, 0) is 4.79 Å². The second-order valence-electron chi connectivity index (χ2n) is 4.23. The van der Waals surface area contributed by atoms with E-state index in [1.807, 2.05) is 0 Å². The molecule has 0 aliphatic carbocycles. The number of anilines is 1. The quantitative estimate of drug-likeness (QED) is 0.599. The molecule has 17 heavy (non-hydrogen) atoms. The van der Waals surface area contributed by atoms with Crippen LogP contribution in [0.5, 0.6) is 0 Å². The summed E-state index contributed by atoms with van der Waals surface area (Å²) in [5, 5.41) is 13.4. The van der Waals surface area contributed by atoms with Gasteiger partial charge in [0.1, 0.15) is 17.6 Å². The number of hydrogen-bond acceptors (Lipinski definition) is 5. The van der Waals surface area contributed by atoms with Crippen molar-refractivity contribution in [2.75, 3.05) is 5.32 Å². The van der Waals surface area contributed by atoms with Gasteiger partial charge in [0.05, 0.1) is 4.92 Å². The summed E-state index contributed by atoms with van der Waals surface area (Å²) in [7, 11) is 0. The first kappa shape index (κ1) is 12.9. The molecule has 0 atom stereocenters.